The largest absolute Gasteiger partial charge is 0.489 e. The number of hydrogen-bond donors (Lipinski definition) is 1. The minimum absolute atomic E-state index is 0.0521. The predicted molar refractivity (Wildman–Crippen MR) is 179 cm³/mol. The first kappa shape index (κ1) is 33.2. The van der Waals surface area contributed by atoms with Crippen molar-refractivity contribution >= 4 is 23.5 Å². The molecule has 2 aliphatic rings. The minimum atomic E-state index is -0.970. The molecule has 3 aromatic carbocycles. The predicted octanol–water partition coefficient (Wildman–Crippen LogP) is 5.09. The number of hydrogen-bond acceptors (Lipinski definition) is 8. The highest BCUT2D eigenvalue weighted by Gasteiger charge is 2.37. The molecular formula is C37H37FN6O5. The first-order valence-corrected chi connectivity index (χ1v) is 16.1. The molecule has 0 aliphatic carbocycles. The number of carbonyl (C=O) groups excluding carboxylic acids is 3. The average Bonchev–Trinajstić information content (AvgIpc) is 3.64. The SMILES string of the molecule is CC(C)(C)OC(=O)CC[C@@H](C(N)=O)N1Cc2c(OCc3ccc(-c4cnc5n4CCN(c4ccc(C#N)cc4F)C5)cc3)cccc2C1=O. The molecule has 0 bridgehead atoms. The molecule has 0 spiro atoms. The molecule has 49 heavy (non-hydrogen) atoms. The van der Waals surface area contributed by atoms with Crippen LogP contribution in [0.5, 0.6) is 5.75 Å². The maximum Gasteiger partial charge on any atom is 0.306 e. The van der Waals surface area contributed by atoms with Crippen molar-refractivity contribution in [2.75, 3.05) is 11.4 Å². The summed E-state index contributed by atoms with van der Waals surface area (Å²) in [7, 11) is 0. The monoisotopic (exact) mass is 664 g/mol. The van der Waals surface area contributed by atoms with Gasteiger partial charge in [-0.2, -0.15) is 5.26 Å². The maximum atomic E-state index is 14.7. The third-order valence-electron chi connectivity index (χ3n) is 8.62. The zero-order chi connectivity index (χ0) is 34.9. The summed E-state index contributed by atoms with van der Waals surface area (Å²) < 4.78 is 28.3. The zero-order valence-electron chi connectivity index (χ0n) is 27.6. The fraction of sp³-hybridized carbons (Fsp3) is 0.324. The van der Waals surface area contributed by atoms with Gasteiger partial charge >= 0.3 is 5.97 Å². The van der Waals surface area contributed by atoms with E-state index < -0.39 is 29.3 Å². The second-order valence-electron chi connectivity index (χ2n) is 13.2. The summed E-state index contributed by atoms with van der Waals surface area (Å²) in [6, 6.07) is 18.7. The lowest BCUT2D eigenvalue weighted by atomic mass is 10.1. The fourth-order valence-corrected chi connectivity index (χ4v) is 6.27. The van der Waals surface area contributed by atoms with E-state index in [9.17, 15) is 18.8 Å². The van der Waals surface area contributed by atoms with Crippen LogP contribution >= 0.6 is 0 Å². The van der Waals surface area contributed by atoms with E-state index in [2.05, 4.69) is 9.55 Å². The molecule has 252 valence electrons. The molecule has 4 aromatic rings. The average molecular weight is 665 g/mol. The van der Waals surface area contributed by atoms with Gasteiger partial charge in [-0.25, -0.2) is 9.37 Å². The number of nitriles is 1. The Labute approximate surface area is 283 Å². The molecule has 6 rings (SSSR count). The Balaban J connectivity index is 1.10. The smallest absolute Gasteiger partial charge is 0.306 e. The number of esters is 1. The van der Waals surface area contributed by atoms with Gasteiger partial charge in [0.25, 0.3) is 5.91 Å². The Kier molecular flexibility index (Phi) is 9.10. The van der Waals surface area contributed by atoms with Crippen molar-refractivity contribution in [1.82, 2.24) is 14.5 Å². The summed E-state index contributed by atoms with van der Waals surface area (Å²) in [5, 5.41) is 9.05. The zero-order valence-corrected chi connectivity index (χ0v) is 27.6. The number of fused-ring (bicyclic) bond motifs is 2. The third-order valence-corrected chi connectivity index (χ3v) is 8.62. The van der Waals surface area contributed by atoms with Crippen LogP contribution in [0.4, 0.5) is 10.1 Å². The Morgan fingerprint density at radius 1 is 1.08 bits per heavy atom. The van der Waals surface area contributed by atoms with Gasteiger partial charge in [-0.1, -0.05) is 30.3 Å². The topological polar surface area (TPSA) is 144 Å². The lowest BCUT2D eigenvalue weighted by Crippen LogP contribution is -2.45. The highest BCUT2D eigenvalue weighted by molar-refractivity contribution is 6.01. The highest BCUT2D eigenvalue weighted by Crippen LogP contribution is 2.34. The Hall–Kier alpha value is -5.70. The molecule has 0 fully saturated rings. The molecule has 0 unspecified atom stereocenters. The van der Waals surface area contributed by atoms with Crippen molar-refractivity contribution in [3.8, 4) is 23.1 Å². The van der Waals surface area contributed by atoms with Gasteiger partial charge in [0.1, 0.15) is 35.6 Å². The van der Waals surface area contributed by atoms with Gasteiger partial charge < -0.3 is 29.6 Å². The quantitative estimate of drug-likeness (QED) is 0.231. The lowest BCUT2D eigenvalue weighted by molar-refractivity contribution is -0.155. The molecular weight excluding hydrogens is 627 g/mol. The number of carbonyl (C=O) groups is 3. The van der Waals surface area contributed by atoms with Gasteiger partial charge in [0.15, 0.2) is 0 Å². The van der Waals surface area contributed by atoms with Gasteiger partial charge in [0, 0.05) is 30.6 Å². The van der Waals surface area contributed by atoms with Crippen LogP contribution in [-0.4, -0.2) is 50.4 Å². The number of primary amides is 1. The number of amides is 2. The number of benzene rings is 3. The fourth-order valence-electron chi connectivity index (χ4n) is 6.27. The van der Waals surface area contributed by atoms with E-state index >= 15 is 0 Å². The summed E-state index contributed by atoms with van der Waals surface area (Å²) in [6.45, 7) is 7.33. The first-order chi connectivity index (χ1) is 23.4. The van der Waals surface area contributed by atoms with Crippen LogP contribution in [-0.2, 0) is 40.6 Å². The van der Waals surface area contributed by atoms with Crippen molar-refractivity contribution in [3.05, 3.63) is 101 Å². The van der Waals surface area contributed by atoms with Gasteiger partial charge in [-0.3, -0.25) is 14.4 Å². The molecule has 2 amide bonds. The molecule has 2 N–H and O–H groups in total. The van der Waals surface area contributed by atoms with Crippen LogP contribution in [0.3, 0.4) is 0 Å². The Morgan fingerprint density at radius 2 is 1.86 bits per heavy atom. The molecule has 2 aliphatic heterocycles. The summed E-state index contributed by atoms with van der Waals surface area (Å²) >= 11 is 0. The van der Waals surface area contributed by atoms with Gasteiger partial charge in [-0.05, 0) is 68.7 Å². The number of anilines is 1. The normalized spacial score (nSPS) is 14.6. The van der Waals surface area contributed by atoms with Gasteiger partial charge in [-0.15, -0.1) is 0 Å². The van der Waals surface area contributed by atoms with E-state index in [-0.39, 0.29) is 37.5 Å². The minimum Gasteiger partial charge on any atom is -0.489 e. The van der Waals surface area contributed by atoms with E-state index in [1.54, 1.807) is 51.1 Å². The number of nitrogens with two attached hydrogens (primary N) is 1. The lowest BCUT2D eigenvalue weighted by Gasteiger charge is -2.30. The molecule has 12 heteroatoms. The molecule has 1 atom stereocenters. The molecule has 1 aromatic heterocycles. The number of halogens is 1. The van der Waals surface area contributed by atoms with Gasteiger partial charge in [0.05, 0.1) is 42.3 Å². The van der Waals surface area contributed by atoms with Crippen LogP contribution < -0.4 is 15.4 Å². The summed E-state index contributed by atoms with van der Waals surface area (Å²) in [6.07, 6.45) is 1.83. The summed E-state index contributed by atoms with van der Waals surface area (Å²) in [5.41, 5.74) is 9.70. The van der Waals surface area contributed by atoms with Crippen LogP contribution in [0.15, 0.2) is 66.9 Å². The number of nitrogens with zero attached hydrogens (tertiary/aromatic N) is 5. The van der Waals surface area contributed by atoms with Crippen molar-refractivity contribution < 1.29 is 28.2 Å². The highest BCUT2D eigenvalue weighted by atomic mass is 19.1. The van der Waals surface area contributed by atoms with E-state index in [0.29, 0.717) is 42.2 Å². The summed E-state index contributed by atoms with van der Waals surface area (Å²) in [4.78, 5) is 45.9. The second kappa shape index (κ2) is 13.4. The number of aromatic nitrogens is 2. The van der Waals surface area contributed by atoms with Crippen LogP contribution in [0.1, 0.15) is 66.5 Å². The first-order valence-electron chi connectivity index (χ1n) is 16.1. The Morgan fingerprint density at radius 3 is 2.55 bits per heavy atom. The van der Waals surface area contributed by atoms with Crippen LogP contribution in [0, 0.1) is 17.1 Å². The maximum absolute atomic E-state index is 14.7. The second-order valence-corrected chi connectivity index (χ2v) is 13.2. The van der Waals surface area contributed by atoms with Crippen molar-refractivity contribution in [2.45, 2.75) is 71.5 Å². The van der Waals surface area contributed by atoms with Crippen molar-refractivity contribution in [2.24, 2.45) is 5.73 Å². The molecule has 0 saturated carbocycles. The van der Waals surface area contributed by atoms with Crippen molar-refractivity contribution in [1.29, 1.82) is 5.26 Å². The molecule has 11 nitrogen and oxygen atoms in total. The van der Waals surface area contributed by atoms with Crippen molar-refractivity contribution in [3.63, 3.8) is 0 Å². The Bertz CT molecular complexity index is 1960. The van der Waals surface area contributed by atoms with E-state index in [0.717, 1.165) is 22.6 Å². The molecule has 3 heterocycles. The molecule has 0 radical (unpaired) electrons. The third kappa shape index (κ3) is 7.11. The van der Waals surface area contributed by atoms with Crippen LogP contribution in [0.2, 0.25) is 0 Å². The van der Waals surface area contributed by atoms with E-state index in [1.165, 1.54) is 11.0 Å². The van der Waals surface area contributed by atoms with E-state index in [4.69, 9.17) is 20.5 Å². The van der Waals surface area contributed by atoms with Gasteiger partial charge in [0.2, 0.25) is 5.91 Å². The number of ether oxygens (including phenoxy) is 2. The molecule has 0 saturated heterocycles. The standard InChI is InChI=1S/C37H37FN6O5/c1-37(2,3)49-34(45)14-13-30(35(40)46)44-20-27-26(36(44)47)5-4-6-32(27)48-22-23-7-10-25(11-8-23)31-19-41-33-21-42(15-16-43(31)33)29-12-9-24(18-39)17-28(29)38/h4-12,17,19,30H,13-16,20-22H2,1-3H3,(H2,40,46)/t30-/m0/s1. The number of rotatable bonds is 10. The summed E-state index contributed by atoms with van der Waals surface area (Å²) in [5.74, 6) is -0.569. The van der Waals surface area contributed by atoms with E-state index in [1.807, 2.05) is 41.4 Å². The number of imidazole rings is 1. The van der Waals surface area contributed by atoms with Crippen LogP contribution in [0.25, 0.3) is 11.3 Å².